The lowest BCUT2D eigenvalue weighted by atomic mass is 9.44. The van der Waals surface area contributed by atoms with E-state index in [-0.39, 0.29) is 5.41 Å². The van der Waals surface area contributed by atoms with E-state index in [1.54, 1.807) is 5.57 Å². The first-order chi connectivity index (χ1) is 14.8. The van der Waals surface area contributed by atoms with Gasteiger partial charge in [-0.25, -0.2) is 0 Å². The Morgan fingerprint density at radius 1 is 1.03 bits per heavy atom. The van der Waals surface area contributed by atoms with Gasteiger partial charge in [-0.2, -0.15) is 0 Å². The molecule has 0 bridgehead atoms. The van der Waals surface area contributed by atoms with Crippen LogP contribution in [0.4, 0.5) is 0 Å². The van der Waals surface area contributed by atoms with Crippen molar-refractivity contribution in [3.8, 4) is 0 Å². The summed E-state index contributed by atoms with van der Waals surface area (Å²) in [5.41, 5.74) is 3.74. The van der Waals surface area contributed by atoms with Crippen molar-refractivity contribution in [2.24, 2.45) is 40.4 Å². The minimum atomic E-state index is 0.244. The molecule has 0 amide bonds. The van der Waals surface area contributed by atoms with Gasteiger partial charge in [0.25, 0.3) is 0 Å². The van der Waals surface area contributed by atoms with E-state index >= 15 is 0 Å². The number of Topliss-reactive ketones (excluding diaryl/α,β-unsaturated/α-hetero) is 1. The first kappa shape index (κ1) is 21.9. The monoisotopic (exact) mass is 423 g/mol. The summed E-state index contributed by atoms with van der Waals surface area (Å²) in [6, 6.07) is 0. The molecule has 6 atom stereocenters. The summed E-state index contributed by atoms with van der Waals surface area (Å²) < 4.78 is 0. The molecule has 0 aromatic rings. The number of piperidine rings is 1. The Labute approximate surface area is 190 Å². The number of rotatable bonds is 3. The van der Waals surface area contributed by atoms with Gasteiger partial charge in [0.1, 0.15) is 5.78 Å². The average Bonchev–Trinajstić information content (AvgIpc) is 3.05. The Balaban J connectivity index is 1.24. The molecular weight excluding hydrogens is 378 g/mol. The fraction of sp³-hybridized carbons (Fsp3) is 0.828. The highest BCUT2D eigenvalue weighted by molar-refractivity contribution is 5.83. The van der Waals surface area contributed by atoms with Crippen LogP contribution in [0.2, 0.25) is 0 Å². The van der Waals surface area contributed by atoms with Crippen molar-refractivity contribution in [1.29, 1.82) is 0 Å². The van der Waals surface area contributed by atoms with Crippen LogP contribution in [0.1, 0.15) is 90.9 Å². The van der Waals surface area contributed by atoms with Crippen LogP contribution in [0.25, 0.3) is 0 Å². The summed E-state index contributed by atoms with van der Waals surface area (Å²) >= 11 is 0. The van der Waals surface area contributed by atoms with E-state index in [0.29, 0.717) is 34.9 Å². The van der Waals surface area contributed by atoms with Crippen molar-refractivity contribution >= 4 is 5.78 Å². The summed E-state index contributed by atoms with van der Waals surface area (Å²) in [7, 11) is 2.25. The van der Waals surface area contributed by atoms with Crippen molar-refractivity contribution in [3.05, 3.63) is 23.8 Å². The Morgan fingerprint density at radius 3 is 2.58 bits per heavy atom. The van der Waals surface area contributed by atoms with Crippen molar-refractivity contribution < 1.29 is 4.79 Å². The van der Waals surface area contributed by atoms with Gasteiger partial charge in [0.15, 0.2) is 0 Å². The van der Waals surface area contributed by atoms with E-state index in [2.05, 4.69) is 38.5 Å². The number of nitrogens with zero attached hydrogens (tertiary/aromatic N) is 1. The summed E-state index contributed by atoms with van der Waals surface area (Å²) in [6.07, 6.45) is 17.5. The third-order valence-corrected chi connectivity index (χ3v) is 11.2. The minimum absolute atomic E-state index is 0.244. The average molecular weight is 424 g/mol. The van der Waals surface area contributed by atoms with E-state index in [4.69, 9.17) is 0 Å². The van der Waals surface area contributed by atoms with Gasteiger partial charge in [0.05, 0.1) is 0 Å². The Bertz CT molecular complexity index is 759. The van der Waals surface area contributed by atoms with E-state index < -0.39 is 0 Å². The second-order valence-electron chi connectivity index (χ2n) is 12.6. The number of hydrogen-bond acceptors (Lipinski definition) is 2. The number of carbonyl (C=O) groups excluding carboxylic acids is 1. The second-order valence-corrected chi connectivity index (χ2v) is 12.6. The van der Waals surface area contributed by atoms with Gasteiger partial charge in [-0.1, -0.05) is 37.6 Å². The molecule has 172 valence electrons. The second kappa shape index (κ2) is 8.15. The first-order valence-electron chi connectivity index (χ1n) is 13.4. The molecule has 5 fully saturated rings. The molecule has 2 nitrogen and oxygen atoms in total. The van der Waals surface area contributed by atoms with E-state index in [9.17, 15) is 4.79 Å². The largest absolute Gasteiger partial charge is 0.306 e. The lowest BCUT2D eigenvalue weighted by Crippen LogP contribution is -2.55. The highest BCUT2D eigenvalue weighted by Crippen LogP contribution is 2.66. The van der Waals surface area contributed by atoms with Gasteiger partial charge in [-0.05, 0) is 125 Å². The number of fused-ring (bicyclic) bond motifs is 5. The Hall–Kier alpha value is -0.890. The van der Waals surface area contributed by atoms with Crippen LogP contribution in [-0.2, 0) is 4.79 Å². The van der Waals surface area contributed by atoms with Crippen LogP contribution in [-0.4, -0.2) is 30.8 Å². The molecule has 5 aliphatic rings. The maximum atomic E-state index is 13.5. The molecular formula is C29H45NO. The van der Waals surface area contributed by atoms with Crippen LogP contribution in [0, 0.1) is 40.4 Å². The maximum absolute atomic E-state index is 13.5. The summed E-state index contributed by atoms with van der Waals surface area (Å²) in [4.78, 5) is 16.0. The maximum Gasteiger partial charge on any atom is 0.136 e. The molecule has 4 saturated carbocycles. The highest BCUT2D eigenvalue weighted by atomic mass is 16.1. The highest BCUT2D eigenvalue weighted by Gasteiger charge is 2.61. The number of allylic oxidation sites excluding steroid dienone is 3. The van der Waals surface area contributed by atoms with E-state index in [1.165, 1.54) is 82.9 Å². The topological polar surface area (TPSA) is 20.3 Å². The van der Waals surface area contributed by atoms with Gasteiger partial charge in [-0.3, -0.25) is 4.79 Å². The zero-order chi connectivity index (χ0) is 21.8. The SMILES string of the molecule is C=C1CCC2C3C(=O)CC4C/C(=C/CCC5CCN(C)CC5)CCC4(C)C3CC[C@]12C. The molecule has 0 aromatic carbocycles. The standard InChI is InChI=1S/C29H45NO/c1-20-8-9-24-27-25(11-15-28(20,24)2)29(3)14-10-22(18-23(29)19-26(27)31)7-5-6-21-12-16-30(4)17-13-21/h7,21,23-25,27H,1,5-6,8-19H2,2-4H3/b22-7+/t23?,24?,25?,27?,28-,29?/m1/s1. The fourth-order valence-electron chi connectivity index (χ4n) is 8.76. The zero-order valence-electron chi connectivity index (χ0n) is 20.4. The van der Waals surface area contributed by atoms with Crippen molar-refractivity contribution in [3.63, 3.8) is 0 Å². The normalized spacial score (nSPS) is 45.5. The van der Waals surface area contributed by atoms with Gasteiger partial charge in [0.2, 0.25) is 0 Å². The molecule has 5 unspecified atom stereocenters. The molecule has 31 heavy (non-hydrogen) atoms. The molecule has 0 radical (unpaired) electrons. The minimum Gasteiger partial charge on any atom is -0.306 e. The summed E-state index contributed by atoms with van der Waals surface area (Å²) in [6.45, 7) is 12.0. The predicted octanol–water partition coefficient (Wildman–Crippen LogP) is 6.81. The Morgan fingerprint density at radius 2 is 1.81 bits per heavy atom. The number of ketones is 1. The van der Waals surface area contributed by atoms with Gasteiger partial charge < -0.3 is 4.90 Å². The van der Waals surface area contributed by atoms with Crippen molar-refractivity contribution in [2.45, 2.75) is 90.9 Å². The van der Waals surface area contributed by atoms with Gasteiger partial charge in [-0.15, -0.1) is 0 Å². The number of hydrogen-bond donors (Lipinski definition) is 0. The van der Waals surface area contributed by atoms with Crippen molar-refractivity contribution in [2.75, 3.05) is 20.1 Å². The van der Waals surface area contributed by atoms with Crippen LogP contribution >= 0.6 is 0 Å². The molecule has 0 aromatic heterocycles. The first-order valence-corrected chi connectivity index (χ1v) is 13.4. The smallest absolute Gasteiger partial charge is 0.136 e. The number of likely N-dealkylation sites (tertiary alicyclic amines) is 1. The summed E-state index contributed by atoms with van der Waals surface area (Å²) in [5.74, 6) is 3.68. The van der Waals surface area contributed by atoms with Crippen LogP contribution in [0.3, 0.4) is 0 Å². The number of carbonyl (C=O) groups is 1. The molecule has 2 heteroatoms. The molecule has 5 rings (SSSR count). The van der Waals surface area contributed by atoms with Crippen molar-refractivity contribution in [1.82, 2.24) is 4.90 Å². The molecule has 1 saturated heterocycles. The van der Waals surface area contributed by atoms with Crippen LogP contribution in [0.5, 0.6) is 0 Å². The molecule has 1 aliphatic heterocycles. The quantitative estimate of drug-likeness (QED) is 0.465. The predicted molar refractivity (Wildman–Crippen MR) is 129 cm³/mol. The zero-order valence-corrected chi connectivity index (χ0v) is 20.4. The molecule has 1 heterocycles. The lowest BCUT2D eigenvalue weighted by molar-refractivity contribution is -0.150. The van der Waals surface area contributed by atoms with Crippen LogP contribution < -0.4 is 0 Å². The lowest BCUT2D eigenvalue weighted by Gasteiger charge is -2.59. The van der Waals surface area contributed by atoms with Gasteiger partial charge in [0, 0.05) is 12.3 Å². The molecule has 0 spiro atoms. The molecule has 4 aliphatic carbocycles. The fourth-order valence-corrected chi connectivity index (χ4v) is 8.76. The molecule has 0 N–H and O–H groups in total. The third-order valence-electron chi connectivity index (χ3n) is 11.2. The Kier molecular flexibility index (Phi) is 5.77. The summed E-state index contributed by atoms with van der Waals surface area (Å²) in [5, 5.41) is 0. The van der Waals surface area contributed by atoms with Gasteiger partial charge >= 0.3 is 0 Å². The van der Waals surface area contributed by atoms with E-state index in [0.717, 1.165) is 18.8 Å². The van der Waals surface area contributed by atoms with Crippen LogP contribution in [0.15, 0.2) is 23.8 Å². The van der Waals surface area contributed by atoms with E-state index in [1.807, 2.05) is 0 Å². The third kappa shape index (κ3) is 3.69.